The molecule has 3 rings (SSSR count). The van der Waals surface area contributed by atoms with Crippen molar-refractivity contribution >= 4 is 30.1 Å². The van der Waals surface area contributed by atoms with Gasteiger partial charge in [-0.3, -0.25) is 19.3 Å². The number of hydrogen-bond donors (Lipinski definition) is 2. The minimum atomic E-state index is -1.29. The quantitative estimate of drug-likeness (QED) is 0.473. The Bertz CT molecular complexity index is 1010. The zero-order valence-corrected chi connectivity index (χ0v) is 19.9. The average Bonchev–Trinajstić information content (AvgIpc) is 3.03. The second-order valence-corrected chi connectivity index (χ2v) is 9.61. The number of likely N-dealkylation sites (N-methyl/N-ethyl adjacent to an activating group) is 1. The molecule has 0 spiro atoms. The lowest BCUT2D eigenvalue weighted by Gasteiger charge is -2.39. The van der Waals surface area contributed by atoms with Crippen LogP contribution in [0.3, 0.4) is 0 Å². The van der Waals surface area contributed by atoms with Gasteiger partial charge in [0.1, 0.15) is 17.9 Å². The van der Waals surface area contributed by atoms with Crippen LogP contribution in [0.2, 0.25) is 0 Å². The van der Waals surface area contributed by atoms with Gasteiger partial charge in [0, 0.05) is 26.6 Å². The third-order valence-electron chi connectivity index (χ3n) is 6.12. The van der Waals surface area contributed by atoms with E-state index in [1.165, 1.54) is 24.1 Å². The van der Waals surface area contributed by atoms with Crippen LogP contribution in [-0.2, 0) is 19.9 Å². The number of hydrogen-bond acceptors (Lipinski definition) is 7. The summed E-state index contributed by atoms with van der Waals surface area (Å²) in [5, 5.41) is 13.7. The van der Waals surface area contributed by atoms with Gasteiger partial charge < -0.3 is 24.9 Å². The van der Waals surface area contributed by atoms with Crippen molar-refractivity contribution in [3.63, 3.8) is 0 Å². The standard InChI is InChI=1S/C24H31N3O7/c1-23(2,3)34-22(32)26-11-9-24(33,10-12-26)15-7-8-16-17(14-15)21(31)27(20(16)30)18(6-5-13-28)19(29)25-4/h7-8,13-14,18,33H,5-6,9-12H2,1-4H3,(H,25,29). The largest absolute Gasteiger partial charge is 0.444 e. The van der Waals surface area contributed by atoms with Crippen molar-refractivity contribution in [2.45, 2.75) is 63.7 Å². The molecule has 1 unspecified atom stereocenters. The summed E-state index contributed by atoms with van der Waals surface area (Å²) in [5.74, 6) is -1.79. The third-order valence-corrected chi connectivity index (χ3v) is 6.12. The molecule has 1 fully saturated rings. The summed E-state index contributed by atoms with van der Waals surface area (Å²) < 4.78 is 5.39. The highest BCUT2D eigenvalue weighted by Gasteiger charge is 2.44. The molecular weight excluding hydrogens is 442 g/mol. The Kier molecular flexibility index (Phi) is 7.11. The molecular formula is C24H31N3O7. The molecule has 0 bridgehead atoms. The van der Waals surface area contributed by atoms with Gasteiger partial charge in [-0.15, -0.1) is 0 Å². The zero-order valence-electron chi connectivity index (χ0n) is 19.9. The molecule has 1 saturated heterocycles. The molecule has 2 aliphatic rings. The Hall–Kier alpha value is -3.27. The van der Waals surface area contributed by atoms with Gasteiger partial charge in [0.05, 0.1) is 16.7 Å². The summed E-state index contributed by atoms with van der Waals surface area (Å²) in [5.41, 5.74) is -1.21. The topological polar surface area (TPSA) is 133 Å². The number of imide groups is 1. The number of likely N-dealkylation sites (tertiary alicyclic amines) is 1. The normalized spacial score (nSPS) is 18.4. The fourth-order valence-electron chi connectivity index (χ4n) is 4.28. The first kappa shape index (κ1) is 25.4. The van der Waals surface area contributed by atoms with E-state index < -0.39 is 41.1 Å². The number of piperidine rings is 1. The van der Waals surface area contributed by atoms with Gasteiger partial charge in [0.15, 0.2) is 0 Å². The number of fused-ring (bicyclic) bond motifs is 1. The maximum absolute atomic E-state index is 13.1. The SMILES string of the molecule is CNC(=O)C(CCC=O)N1C(=O)c2ccc(C3(O)CCN(C(=O)OC(C)(C)C)CC3)cc2C1=O. The molecule has 34 heavy (non-hydrogen) atoms. The van der Waals surface area contributed by atoms with Crippen LogP contribution in [0, 0.1) is 0 Å². The number of nitrogens with zero attached hydrogens (tertiary/aromatic N) is 2. The monoisotopic (exact) mass is 473 g/mol. The van der Waals surface area contributed by atoms with Crippen LogP contribution in [0.25, 0.3) is 0 Å². The third kappa shape index (κ3) is 4.96. The van der Waals surface area contributed by atoms with E-state index in [1.807, 2.05) is 0 Å². The fourth-order valence-corrected chi connectivity index (χ4v) is 4.28. The van der Waals surface area contributed by atoms with Crippen LogP contribution in [0.4, 0.5) is 4.79 Å². The van der Waals surface area contributed by atoms with Gasteiger partial charge in [-0.25, -0.2) is 4.79 Å². The molecule has 1 atom stereocenters. The minimum Gasteiger partial charge on any atom is -0.444 e. The van der Waals surface area contributed by atoms with Crippen LogP contribution >= 0.6 is 0 Å². The molecule has 0 aromatic heterocycles. The van der Waals surface area contributed by atoms with E-state index in [9.17, 15) is 29.1 Å². The lowest BCUT2D eigenvalue weighted by molar-refractivity contribution is -0.124. The summed E-state index contributed by atoms with van der Waals surface area (Å²) in [6.07, 6.45) is 0.686. The number of aliphatic hydroxyl groups is 1. The van der Waals surface area contributed by atoms with Crippen LogP contribution in [0.5, 0.6) is 0 Å². The highest BCUT2D eigenvalue weighted by molar-refractivity contribution is 6.23. The highest BCUT2D eigenvalue weighted by atomic mass is 16.6. The second-order valence-electron chi connectivity index (χ2n) is 9.61. The van der Waals surface area contributed by atoms with Crippen LogP contribution in [0.15, 0.2) is 18.2 Å². The molecule has 184 valence electrons. The smallest absolute Gasteiger partial charge is 0.410 e. The number of benzene rings is 1. The van der Waals surface area contributed by atoms with Gasteiger partial charge in [-0.1, -0.05) is 6.07 Å². The van der Waals surface area contributed by atoms with E-state index in [2.05, 4.69) is 5.32 Å². The van der Waals surface area contributed by atoms with Gasteiger partial charge in [-0.2, -0.15) is 0 Å². The van der Waals surface area contributed by atoms with Gasteiger partial charge in [0.2, 0.25) is 5.91 Å². The molecule has 4 amide bonds. The molecule has 2 N–H and O–H groups in total. The predicted molar refractivity (Wildman–Crippen MR) is 121 cm³/mol. The summed E-state index contributed by atoms with van der Waals surface area (Å²) in [4.78, 5) is 64.0. The maximum atomic E-state index is 13.1. The molecule has 10 heteroatoms. The second kappa shape index (κ2) is 9.54. The van der Waals surface area contributed by atoms with Crippen LogP contribution in [0.1, 0.15) is 72.7 Å². The highest BCUT2D eigenvalue weighted by Crippen LogP contribution is 2.36. The predicted octanol–water partition coefficient (Wildman–Crippen LogP) is 1.59. The first-order valence-electron chi connectivity index (χ1n) is 11.3. The Balaban J connectivity index is 1.80. The Morgan fingerprint density at radius 3 is 2.35 bits per heavy atom. The molecule has 2 heterocycles. The van der Waals surface area contributed by atoms with Crippen molar-refractivity contribution in [2.75, 3.05) is 20.1 Å². The summed E-state index contributed by atoms with van der Waals surface area (Å²) >= 11 is 0. The van der Waals surface area contributed by atoms with E-state index in [0.29, 0.717) is 11.8 Å². The molecule has 1 aromatic carbocycles. The number of carbonyl (C=O) groups excluding carboxylic acids is 5. The number of nitrogens with one attached hydrogen (secondary N) is 1. The molecule has 1 aromatic rings. The molecule has 0 radical (unpaired) electrons. The van der Waals surface area contributed by atoms with E-state index in [4.69, 9.17) is 4.74 Å². The van der Waals surface area contributed by atoms with Crippen molar-refractivity contribution < 1.29 is 33.8 Å². The first-order valence-corrected chi connectivity index (χ1v) is 11.3. The minimum absolute atomic E-state index is 0.0185. The Morgan fingerprint density at radius 2 is 1.79 bits per heavy atom. The fraction of sp³-hybridized carbons (Fsp3) is 0.542. The number of ether oxygens (including phenoxy) is 1. The van der Waals surface area contributed by atoms with Gasteiger partial charge in [0.25, 0.3) is 11.8 Å². The van der Waals surface area contributed by atoms with Crippen molar-refractivity contribution in [3.05, 3.63) is 34.9 Å². The maximum Gasteiger partial charge on any atom is 0.410 e. The van der Waals surface area contributed by atoms with Crippen molar-refractivity contribution in [1.29, 1.82) is 0 Å². The molecule has 0 saturated carbocycles. The number of aldehydes is 1. The summed E-state index contributed by atoms with van der Waals surface area (Å²) in [6.45, 7) is 5.89. The lowest BCUT2D eigenvalue weighted by Crippen LogP contribution is -2.48. The first-order chi connectivity index (χ1) is 15.9. The molecule has 0 aliphatic carbocycles. The van der Waals surface area contributed by atoms with Crippen molar-refractivity contribution in [2.24, 2.45) is 0 Å². The Labute approximate surface area is 198 Å². The number of carbonyl (C=O) groups is 5. The van der Waals surface area contributed by atoms with Gasteiger partial charge in [-0.05, 0) is 57.7 Å². The average molecular weight is 474 g/mol. The lowest BCUT2D eigenvalue weighted by atomic mass is 9.83. The Morgan fingerprint density at radius 1 is 1.18 bits per heavy atom. The van der Waals surface area contributed by atoms with E-state index in [0.717, 1.165) is 4.90 Å². The van der Waals surface area contributed by atoms with E-state index in [-0.39, 0.29) is 49.9 Å². The van der Waals surface area contributed by atoms with Crippen LogP contribution < -0.4 is 5.32 Å². The van der Waals surface area contributed by atoms with E-state index in [1.54, 1.807) is 26.8 Å². The number of amides is 4. The van der Waals surface area contributed by atoms with E-state index >= 15 is 0 Å². The van der Waals surface area contributed by atoms with Crippen molar-refractivity contribution in [1.82, 2.24) is 15.1 Å². The molecule has 2 aliphatic heterocycles. The van der Waals surface area contributed by atoms with Gasteiger partial charge >= 0.3 is 6.09 Å². The molecule has 10 nitrogen and oxygen atoms in total. The summed E-state index contributed by atoms with van der Waals surface area (Å²) in [6, 6.07) is 3.45. The zero-order chi connectivity index (χ0) is 25.3. The van der Waals surface area contributed by atoms with Crippen LogP contribution in [-0.4, -0.2) is 76.8 Å². The van der Waals surface area contributed by atoms with Crippen molar-refractivity contribution in [3.8, 4) is 0 Å². The number of rotatable bonds is 6. The summed E-state index contributed by atoms with van der Waals surface area (Å²) in [7, 11) is 1.39.